The molecule has 2 nitrogen and oxygen atoms in total. The summed E-state index contributed by atoms with van der Waals surface area (Å²) in [6.45, 7) is 2.08. The summed E-state index contributed by atoms with van der Waals surface area (Å²) in [7, 11) is 0. The Morgan fingerprint density at radius 2 is 1.57 bits per heavy atom. The second-order valence-electron chi connectivity index (χ2n) is 5.90. The van der Waals surface area contributed by atoms with Crippen LogP contribution >= 0.6 is 11.6 Å². The largest absolute Gasteiger partial charge is 0.303 e. The van der Waals surface area contributed by atoms with Crippen LogP contribution in [0.2, 0.25) is 5.02 Å². The van der Waals surface area contributed by atoms with Crippen molar-refractivity contribution in [3.63, 3.8) is 0 Å². The van der Waals surface area contributed by atoms with Crippen molar-refractivity contribution in [2.75, 3.05) is 0 Å². The van der Waals surface area contributed by atoms with Gasteiger partial charge in [0.05, 0.1) is 0 Å². The van der Waals surface area contributed by atoms with Gasteiger partial charge in [-0.05, 0) is 42.0 Å². The van der Waals surface area contributed by atoms with E-state index in [0.717, 1.165) is 35.8 Å². The topological polar surface area (TPSA) is 34.1 Å². The second-order valence-corrected chi connectivity index (χ2v) is 6.33. The van der Waals surface area contributed by atoms with E-state index < -0.39 is 0 Å². The van der Waals surface area contributed by atoms with E-state index in [9.17, 15) is 9.59 Å². The zero-order valence-corrected chi connectivity index (χ0v) is 14.1. The predicted molar refractivity (Wildman–Crippen MR) is 94.9 cm³/mol. The highest BCUT2D eigenvalue weighted by atomic mass is 35.5. The number of carbonyl (C=O) groups is 2. The molecule has 0 heterocycles. The van der Waals surface area contributed by atoms with E-state index in [4.69, 9.17) is 11.6 Å². The molecule has 0 fully saturated rings. The van der Waals surface area contributed by atoms with Gasteiger partial charge in [0.2, 0.25) is 0 Å². The fourth-order valence-electron chi connectivity index (χ4n) is 2.51. The summed E-state index contributed by atoms with van der Waals surface area (Å²) in [5, 5.41) is 0.712. The molecular weight excluding hydrogens is 308 g/mol. The molecule has 0 aromatic heterocycles. The van der Waals surface area contributed by atoms with Gasteiger partial charge in [0, 0.05) is 23.4 Å². The number of ketones is 1. The molecule has 0 amide bonds. The molecule has 1 atom stereocenters. The third-order valence-corrected chi connectivity index (χ3v) is 4.28. The molecule has 2 rings (SSSR count). The minimum atomic E-state index is 0.158. The number of aldehydes is 1. The number of hydrogen-bond acceptors (Lipinski definition) is 2. The Bertz CT molecular complexity index is 644. The molecule has 0 radical (unpaired) electrons. The zero-order valence-electron chi connectivity index (χ0n) is 13.3. The molecule has 1 unspecified atom stereocenters. The van der Waals surface area contributed by atoms with Crippen molar-refractivity contribution >= 4 is 23.7 Å². The van der Waals surface area contributed by atoms with Crippen LogP contribution in [0.3, 0.4) is 0 Å². The Morgan fingerprint density at radius 3 is 2.13 bits per heavy atom. The van der Waals surface area contributed by atoms with E-state index in [1.165, 1.54) is 0 Å². The van der Waals surface area contributed by atoms with Gasteiger partial charge >= 0.3 is 0 Å². The van der Waals surface area contributed by atoms with Crippen LogP contribution in [-0.4, -0.2) is 12.1 Å². The van der Waals surface area contributed by atoms with Crippen molar-refractivity contribution in [2.24, 2.45) is 5.92 Å². The van der Waals surface area contributed by atoms with Gasteiger partial charge in [0.15, 0.2) is 5.78 Å². The first-order valence-electron chi connectivity index (χ1n) is 7.93. The molecule has 0 saturated carbocycles. The SMILES string of the molecule is CC(CCC=O)CCC(=O)c1ccc(-c2ccc(Cl)cc2)cc1. The Balaban J connectivity index is 1.94. The third kappa shape index (κ3) is 5.33. The number of rotatable bonds is 8. The predicted octanol–water partition coefficient (Wildman–Crippen LogP) is 5.59. The normalized spacial score (nSPS) is 11.9. The Labute approximate surface area is 142 Å². The molecule has 120 valence electrons. The average Bonchev–Trinajstić information content (AvgIpc) is 2.58. The first kappa shape index (κ1) is 17.4. The highest BCUT2D eigenvalue weighted by Gasteiger charge is 2.09. The molecule has 0 N–H and O–H groups in total. The standard InChI is InChI=1S/C20H21ClO2/c1-15(3-2-14-22)4-13-20(23)18-7-5-16(6-8-18)17-9-11-19(21)12-10-17/h5-12,14-15H,2-4,13H2,1H3. The first-order valence-corrected chi connectivity index (χ1v) is 8.31. The van der Waals surface area contributed by atoms with E-state index in [1.807, 2.05) is 48.5 Å². The Morgan fingerprint density at radius 1 is 1.00 bits per heavy atom. The lowest BCUT2D eigenvalue weighted by molar-refractivity contribution is -0.108. The smallest absolute Gasteiger partial charge is 0.162 e. The number of hydrogen-bond donors (Lipinski definition) is 0. The Hall–Kier alpha value is -1.93. The van der Waals surface area contributed by atoms with E-state index in [1.54, 1.807) is 0 Å². The summed E-state index contributed by atoms with van der Waals surface area (Å²) in [6.07, 6.45) is 3.72. The quantitative estimate of drug-likeness (QED) is 0.468. The van der Waals surface area contributed by atoms with Crippen LogP contribution in [0.25, 0.3) is 11.1 Å². The van der Waals surface area contributed by atoms with Gasteiger partial charge < -0.3 is 4.79 Å². The summed E-state index contributed by atoms with van der Waals surface area (Å²) in [5.74, 6) is 0.558. The van der Waals surface area contributed by atoms with Crippen molar-refractivity contribution in [3.8, 4) is 11.1 Å². The highest BCUT2D eigenvalue weighted by Crippen LogP contribution is 2.22. The van der Waals surface area contributed by atoms with Crippen LogP contribution < -0.4 is 0 Å². The Kier molecular flexibility index (Phi) is 6.54. The fourth-order valence-corrected chi connectivity index (χ4v) is 2.64. The van der Waals surface area contributed by atoms with Gasteiger partial charge in [-0.3, -0.25) is 4.79 Å². The highest BCUT2D eigenvalue weighted by molar-refractivity contribution is 6.30. The lowest BCUT2D eigenvalue weighted by atomic mass is 9.95. The number of carbonyl (C=O) groups excluding carboxylic acids is 2. The average molecular weight is 329 g/mol. The van der Waals surface area contributed by atoms with E-state index >= 15 is 0 Å². The van der Waals surface area contributed by atoms with Gasteiger partial charge in [-0.2, -0.15) is 0 Å². The van der Waals surface area contributed by atoms with E-state index in [2.05, 4.69) is 6.92 Å². The van der Waals surface area contributed by atoms with Crippen LogP contribution in [0.15, 0.2) is 48.5 Å². The van der Waals surface area contributed by atoms with Crippen LogP contribution in [0.1, 0.15) is 43.0 Å². The second kappa shape index (κ2) is 8.64. The monoisotopic (exact) mass is 328 g/mol. The summed E-state index contributed by atoms with van der Waals surface area (Å²) in [5.41, 5.74) is 2.89. The molecule has 0 aliphatic rings. The lowest BCUT2D eigenvalue weighted by Gasteiger charge is -2.09. The number of benzene rings is 2. The summed E-state index contributed by atoms with van der Waals surface area (Å²) >= 11 is 5.89. The van der Waals surface area contributed by atoms with Gasteiger partial charge in [0.25, 0.3) is 0 Å². The summed E-state index contributed by atoms with van der Waals surface area (Å²) in [4.78, 5) is 22.6. The zero-order chi connectivity index (χ0) is 16.7. The van der Waals surface area contributed by atoms with Crippen LogP contribution in [0.5, 0.6) is 0 Å². The van der Waals surface area contributed by atoms with Crippen LogP contribution in [0.4, 0.5) is 0 Å². The maximum atomic E-state index is 12.2. The molecule has 0 aliphatic heterocycles. The minimum absolute atomic E-state index is 0.158. The van der Waals surface area contributed by atoms with Crippen molar-refractivity contribution in [1.29, 1.82) is 0 Å². The van der Waals surface area contributed by atoms with Crippen LogP contribution in [0, 0.1) is 5.92 Å². The van der Waals surface area contributed by atoms with Crippen LogP contribution in [-0.2, 0) is 4.79 Å². The molecule has 0 aliphatic carbocycles. The van der Waals surface area contributed by atoms with E-state index in [-0.39, 0.29) is 5.78 Å². The third-order valence-electron chi connectivity index (χ3n) is 4.03. The molecule has 2 aromatic rings. The van der Waals surface area contributed by atoms with Crippen molar-refractivity contribution in [3.05, 3.63) is 59.1 Å². The van der Waals surface area contributed by atoms with Gasteiger partial charge in [-0.1, -0.05) is 54.9 Å². The van der Waals surface area contributed by atoms with Crippen molar-refractivity contribution < 1.29 is 9.59 Å². The summed E-state index contributed by atoms with van der Waals surface area (Å²) in [6, 6.07) is 15.3. The molecule has 0 bridgehead atoms. The summed E-state index contributed by atoms with van der Waals surface area (Å²) < 4.78 is 0. The molecule has 23 heavy (non-hydrogen) atoms. The van der Waals surface area contributed by atoms with Gasteiger partial charge in [0.1, 0.15) is 6.29 Å². The molecule has 2 aromatic carbocycles. The lowest BCUT2D eigenvalue weighted by Crippen LogP contribution is -2.03. The molecule has 0 saturated heterocycles. The minimum Gasteiger partial charge on any atom is -0.303 e. The molecule has 3 heteroatoms. The van der Waals surface area contributed by atoms with Crippen molar-refractivity contribution in [2.45, 2.75) is 32.6 Å². The van der Waals surface area contributed by atoms with Crippen molar-refractivity contribution in [1.82, 2.24) is 0 Å². The maximum absolute atomic E-state index is 12.2. The van der Waals surface area contributed by atoms with Gasteiger partial charge in [-0.15, -0.1) is 0 Å². The number of Topliss-reactive ketones (excluding diaryl/α,β-unsaturated/α-hetero) is 1. The maximum Gasteiger partial charge on any atom is 0.162 e. The first-order chi connectivity index (χ1) is 11.1. The van der Waals surface area contributed by atoms with E-state index in [0.29, 0.717) is 23.8 Å². The molecule has 0 spiro atoms. The fraction of sp³-hybridized carbons (Fsp3) is 0.300. The van der Waals surface area contributed by atoms with Gasteiger partial charge in [-0.25, -0.2) is 0 Å². The molecular formula is C20H21ClO2. The number of halogens is 1.